The SMILES string of the molecule is CCCC(SC1CCCC(C)C1)C(=O)OCC. The van der Waals surface area contributed by atoms with Crippen LogP contribution in [-0.4, -0.2) is 23.1 Å². The Balaban J connectivity index is 2.44. The molecule has 0 aromatic carbocycles. The molecule has 17 heavy (non-hydrogen) atoms. The first kappa shape index (κ1) is 14.9. The van der Waals surface area contributed by atoms with Crippen molar-refractivity contribution >= 4 is 17.7 Å². The fraction of sp³-hybridized carbons (Fsp3) is 0.929. The van der Waals surface area contributed by atoms with Crippen molar-refractivity contribution in [3.8, 4) is 0 Å². The Kier molecular flexibility index (Phi) is 7.02. The van der Waals surface area contributed by atoms with Gasteiger partial charge in [0, 0.05) is 5.25 Å². The number of rotatable bonds is 6. The Labute approximate surface area is 110 Å². The van der Waals surface area contributed by atoms with E-state index in [1.807, 2.05) is 18.7 Å². The molecule has 0 saturated heterocycles. The van der Waals surface area contributed by atoms with Crippen molar-refractivity contribution in [3.63, 3.8) is 0 Å². The summed E-state index contributed by atoms with van der Waals surface area (Å²) in [7, 11) is 0. The molecule has 0 N–H and O–H groups in total. The summed E-state index contributed by atoms with van der Waals surface area (Å²) in [6, 6.07) is 0. The summed E-state index contributed by atoms with van der Waals surface area (Å²) in [5, 5.41) is 0.731. The summed E-state index contributed by atoms with van der Waals surface area (Å²) in [5.41, 5.74) is 0. The standard InChI is InChI=1S/C14H26O2S/c1-4-7-13(14(15)16-5-2)17-12-9-6-8-11(3)10-12/h11-13H,4-10H2,1-3H3. The molecule has 1 saturated carbocycles. The molecule has 1 aliphatic carbocycles. The van der Waals surface area contributed by atoms with Crippen LogP contribution in [0.15, 0.2) is 0 Å². The summed E-state index contributed by atoms with van der Waals surface area (Å²) >= 11 is 1.87. The molecule has 3 atom stereocenters. The van der Waals surface area contributed by atoms with Crippen molar-refractivity contribution < 1.29 is 9.53 Å². The molecule has 1 aliphatic rings. The lowest BCUT2D eigenvalue weighted by Crippen LogP contribution is -2.25. The third kappa shape index (κ3) is 5.33. The smallest absolute Gasteiger partial charge is 0.319 e. The lowest BCUT2D eigenvalue weighted by atomic mass is 9.91. The van der Waals surface area contributed by atoms with E-state index in [-0.39, 0.29) is 11.2 Å². The van der Waals surface area contributed by atoms with E-state index >= 15 is 0 Å². The molecule has 1 rings (SSSR count). The number of ether oxygens (including phenoxy) is 1. The van der Waals surface area contributed by atoms with Crippen LogP contribution in [0.4, 0.5) is 0 Å². The summed E-state index contributed by atoms with van der Waals surface area (Å²) in [6.45, 7) is 6.84. The highest BCUT2D eigenvalue weighted by Crippen LogP contribution is 2.35. The molecule has 0 aliphatic heterocycles. The molecule has 0 radical (unpaired) electrons. The van der Waals surface area contributed by atoms with Crippen LogP contribution in [-0.2, 0) is 9.53 Å². The first-order valence-electron chi connectivity index (χ1n) is 6.99. The summed E-state index contributed by atoms with van der Waals surface area (Å²) in [5.74, 6) is 0.822. The Hall–Kier alpha value is -0.180. The minimum Gasteiger partial charge on any atom is -0.465 e. The normalized spacial score (nSPS) is 26.5. The van der Waals surface area contributed by atoms with Crippen molar-refractivity contribution in [1.29, 1.82) is 0 Å². The molecule has 100 valence electrons. The van der Waals surface area contributed by atoms with E-state index in [1.165, 1.54) is 25.7 Å². The van der Waals surface area contributed by atoms with Gasteiger partial charge in [-0.1, -0.05) is 33.1 Å². The minimum absolute atomic E-state index is 0.00224. The van der Waals surface area contributed by atoms with Crippen molar-refractivity contribution in [2.75, 3.05) is 6.61 Å². The number of carbonyl (C=O) groups is 1. The van der Waals surface area contributed by atoms with Crippen LogP contribution in [0, 0.1) is 5.92 Å². The Morgan fingerprint density at radius 3 is 2.76 bits per heavy atom. The maximum Gasteiger partial charge on any atom is 0.319 e. The van der Waals surface area contributed by atoms with Crippen LogP contribution in [0.2, 0.25) is 0 Å². The van der Waals surface area contributed by atoms with Crippen molar-refractivity contribution in [2.24, 2.45) is 5.92 Å². The van der Waals surface area contributed by atoms with E-state index in [1.54, 1.807) is 0 Å². The molecular formula is C14H26O2S. The quantitative estimate of drug-likeness (QED) is 0.673. The van der Waals surface area contributed by atoms with Crippen LogP contribution in [0.5, 0.6) is 0 Å². The monoisotopic (exact) mass is 258 g/mol. The maximum absolute atomic E-state index is 11.8. The Morgan fingerprint density at radius 1 is 1.41 bits per heavy atom. The molecule has 1 fully saturated rings. The zero-order valence-electron chi connectivity index (χ0n) is 11.4. The van der Waals surface area contributed by atoms with Crippen molar-refractivity contribution in [2.45, 2.75) is 69.8 Å². The van der Waals surface area contributed by atoms with Crippen LogP contribution in [0.3, 0.4) is 0 Å². The van der Waals surface area contributed by atoms with E-state index in [9.17, 15) is 4.79 Å². The van der Waals surface area contributed by atoms with Gasteiger partial charge in [-0.2, -0.15) is 0 Å². The first-order valence-corrected chi connectivity index (χ1v) is 7.93. The molecular weight excluding hydrogens is 232 g/mol. The van der Waals surface area contributed by atoms with Crippen molar-refractivity contribution in [1.82, 2.24) is 0 Å². The molecule has 2 nitrogen and oxygen atoms in total. The van der Waals surface area contributed by atoms with Gasteiger partial charge in [0.1, 0.15) is 5.25 Å². The fourth-order valence-electron chi connectivity index (χ4n) is 2.47. The molecule has 0 aromatic rings. The second-order valence-corrected chi connectivity index (χ2v) is 6.57. The number of hydrogen-bond acceptors (Lipinski definition) is 3. The van der Waals surface area contributed by atoms with Crippen LogP contribution in [0.25, 0.3) is 0 Å². The van der Waals surface area contributed by atoms with Gasteiger partial charge < -0.3 is 4.74 Å². The highest BCUT2D eigenvalue weighted by molar-refractivity contribution is 8.01. The van der Waals surface area contributed by atoms with Gasteiger partial charge >= 0.3 is 5.97 Å². The number of esters is 1. The molecule has 3 heteroatoms. The van der Waals surface area contributed by atoms with Gasteiger partial charge in [0.05, 0.1) is 6.61 Å². The summed E-state index contributed by atoms with van der Waals surface area (Å²) in [4.78, 5) is 11.8. The van der Waals surface area contributed by atoms with Crippen molar-refractivity contribution in [3.05, 3.63) is 0 Å². The van der Waals surface area contributed by atoms with Crippen LogP contribution < -0.4 is 0 Å². The summed E-state index contributed by atoms with van der Waals surface area (Å²) < 4.78 is 5.17. The lowest BCUT2D eigenvalue weighted by Gasteiger charge is -2.28. The second kappa shape index (κ2) is 8.02. The van der Waals surface area contributed by atoms with Crippen LogP contribution >= 0.6 is 11.8 Å². The van der Waals surface area contributed by atoms with E-state index in [0.717, 1.165) is 18.8 Å². The average Bonchev–Trinajstić information content (AvgIpc) is 2.29. The van der Waals surface area contributed by atoms with Gasteiger partial charge in [-0.3, -0.25) is 4.79 Å². The van der Waals surface area contributed by atoms with E-state index in [2.05, 4.69) is 13.8 Å². The zero-order valence-corrected chi connectivity index (χ0v) is 12.2. The summed E-state index contributed by atoms with van der Waals surface area (Å²) in [6.07, 6.45) is 7.22. The van der Waals surface area contributed by atoms with Gasteiger partial charge in [0.25, 0.3) is 0 Å². The third-order valence-electron chi connectivity index (χ3n) is 3.35. The number of carbonyl (C=O) groups excluding carboxylic acids is 1. The molecule has 0 amide bonds. The lowest BCUT2D eigenvalue weighted by molar-refractivity contribution is -0.142. The van der Waals surface area contributed by atoms with Gasteiger partial charge in [0.15, 0.2) is 0 Å². The topological polar surface area (TPSA) is 26.3 Å². The predicted octanol–water partition coefficient (Wildman–Crippen LogP) is 4.03. The van der Waals surface area contributed by atoms with E-state index < -0.39 is 0 Å². The minimum atomic E-state index is -0.00224. The first-order chi connectivity index (χ1) is 8.17. The Bertz CT molecular complexity index is 230. The Morgan fingerprint density at radius 2 is 2.18 bits per heavy atom. The van der Waals surface area contributed by atoms with Gasteiger partial charge in [-0.15, -0.1) is 11.8 Å². The fourth-order valence-corrected chi connectivity index (χ4v) is 4.23. The van der Waals surface area contributed by atoms with E-state index in [4.69, 9.17) is 4.74 Å². The highest BCUT2D eigenvalue weighted by Gasteiger charge is 2.27. The predicted molar refractivity (Wildman–Crippen MR) is 74.3 cm³/mol. The third-order valence-corrected chi connectivity index (χ3v) is 4.92. The number of hydrogen-bond donors (Lipinski definition) is 0. The molecule has 3 unspecified atom stereocenters. The highest BCUT2D eigenvalue weighted by atomic mass is 32.2. The molecule has 0 heterocycles. The maximum atomic E-state index is 11.8. The van der Waals surface area contributed by atoms with Gasteiger partial charge in [0.2, 0.25) is 0 Å². The van der Waals surface area contributed by atoms with Gasteiger partial charge in [-0.05, 0) is 32.1 Å². The molecule has 0 aromatic heterocycles. The molecule has 0 bridgehead atoms. The zero-order chi connectivity index (χ0) is 12.7. The largest absolute Gasteiger partial charge is 0.465 e. The van der Waals surface area contributed by atoms with Crippen LogP contribution in [0.1, 0.15) is 59.3 Å². The van der Waals surface area contributed by atoms with E-state index in [0.29, 0.717) is 11.9 Å². The second-order valence-electron chi connectivity index (χ2n) is 5.06. The molecule has 0 spiro atoms. The van der Waals surface area contributed by atoms with Gasteiger partial charge in [-0.25, -0.2) is 0 Å². The average molecular weight is 258 g/mol. The number of thioether (sulfide) groups is 1.